The first-order valence-electron chi connectivity index (χ1n) is 7.10. The quantitative estimate of drug-likeness (QED) is 0.504. The molecule has 3 nitrogen and oxygen atoms in total. The number of hydrogen-bond donors (Lipinski definition) is 1. The van der Waals surface area contributed by atoms with Gasteiger partial charge in [0.15, 0.2) is 11.6 Å². The Kier molecular flexibility index (Phi) is 4.92. The molecule has 0 saturated heterocycles. The molecule has 0 saturated carbocycles. The van der Waals surface area contributed by atoms with E-state index in [2.05, 4.69) is 5.32 Å². The predicted molar refractivity (Wildman–Crippen MR) is 93.5 cm³/mol. The van der Waals surface area contributed by atoms with Crippen molar-refractivity contribution < 1.29 is 18.4 Å². The zero-order valence-electron chi connectivity index (χ0n) is 12.6. The second-order valence-electron chi connectivity index (χ2n) is 5.08. The first-order valence-corrected chi connectivity index (χ1v) is 8.35. The highest BCUT2D eigenvalue weighted by molar-refractivity contribution is 7.12. The summed E-state index contributed by atoms with van der Waals surface area (Å²) in [5.74, 6) is -3.08. The van der Waals surface area contributed by atoms with Crippen LogP contribution in [0.1, 0.15) is 25.6 Å². The van der Waals surface area contributed by atoms with Crippen LogP contribution in [0.4, 0.5) is 14.5 Å². The van der Waals surface area contributed by atoms with Gasteiger partial charge in [0, 0.05) is 11.3 Å². The zero-order chi connectivity index (χ0) is 18.0. The highest BCUT2D eigenvalue weighted by Crippen LogP contribution is 2.22. The lowest BCUT2D eigenvalue weighted by Crippen LogP contribution is -2.13. The summed E-state index contributed by atoms with van der Waals surface area (Å²) in [5, 5.41) is 4.14. The fourth-order valence-electron chi connectivity index (χ4n) is 2.15. The van der Waals surface area contributed by atoms with Crippen molar-refractivity contribution in [2.75, 3.05) is 5.32 Å². The summed E-state index contributed by atoms with van der Waals surface area (Å²) in [4.78, 5) is 25.0. The molecule has 0 unspecified atom stereocenters. The normalized spacial score (nSPS) is 10.5. The molecular formula is C18H10ClF2NO2S. The number of carbonyl (C=O) groups is 2. The molecule has 7 heteroatoms. The summed E-state index contributed by atoms with van der Waals surface area (Å²) < 4.78 is 26.3. The summed E-state index contributed by atoms with van der Waals surface area (Å²) in [7, 11) is 0. The Hall–Kier alpha value is -2.57. The van der Waals surface area contributed by atoms with E-state index >= 15 is 0 Å². The fraction of sp³-hybridized carbons (Fsp3) is 0. The van der Waals surface area contributed by atoms with E-state index in [1.54, 1.807) is 36.4 Å². The van der Waals surface area contributed by atoms with Gasteiger partial charge in [-0.25, -0.2) is 8.78 Å². The Morgan fingerprint density at radius 2 is 1.68 bits per heavy atom. The molecule has 0 aliphatic carbocycles. The molecule has 0 radical (unpaired) electrons. The van der Waals surface area contributed by atoms with Crippen LogP contribution in [-0.2, 0) is 0 Å². The Labute approximate surface area is 150 Å². The lowest BCUT2D eigenvalue weighted by atomic mass is 10.1. The minimum Gasteiger partial charge on any atom is -0.322 e. The highest BCUT2D eigenvalue weighted by atomic mass is 35.5. The summed E-state index contributed by atoms with van der Waals surface area (Å²) in [5.41, 5.74) is 0.694. The topological polar surface area (TPSA) is 46.2 Å². The molecule has 1 heterocycles. The van der Waals surface area contributed by atoms with Crippen LogP contribution in [0.2, 0.25) is 5.02 Å². The average Bonchev–Trinajstić information content (AvgIpc) is 3.12. The Morgan fingerprint density at radius 1 is 1.00 bits per heavy atom. The van der Waals surface area contributed by atoms with Gasteiger partial charge < -0.3 is 5.32 Å². The number of ketones is 1. The Bertz CT molecular complexity index is 940. The fourth-order valence-corrected chi connectivity index (χ4v) is 3.07. The second-order valence-corrected chi connectivity index (χ2v) is 6.44. The van der Waals surface area contributed by atoms with E-state index in [0.29, 0.717) is 16.1 Å². The van der Waals surface area contributed by atoms with Crippen molar-refractivity contribution in [2.24, 2.45) is 0 Å². The minimum absolute atomic E-state index is 0.114. The van der Waals surface area contributed by atoms with Crippen LogP contribution in [0.15, 0.2) is 53.9 Å². The maximum atomic E-state index is 13.3. The molecule has 0 fully saturated rings. The Morgan fingerprint density at radius 3 is 2.32 bits per heavy atom. The van der Waals surface area contributed by atoms with Crippen LogP contribution < -0.4 is 5.32 Å². The third kappa shape index (κ3) is 3.75. The predicted octanol–water partition coefficient (Wildman–Crippen LogP) is 5.16. The molecule has 126 valence electrons. The molecular weight excluding hydrogens is 368 g/mol. The van der Waals surface area contributed by atoms with Crippen LogP contribution in [0.5, 0.6) is 0 Å². The summed E-state index contributed by atoms with van der Waals surface area (Å²) in [6.07, 6.45) is 0. The van der Waals surface area contributed by atoms with E-state index < -0.39 is 17.5 Å². The van der Waals surface area contributed by atoms with Crippen molar-refractivity contribution in [1.82, 2.24) is 0 Å². The molecule has 1 amide bonds. The zero-order valence-corrected chi connectivity index (χ0v) is 14.1. The number of anilines is 1. The van der Waals surface area contributed by atoms with Crippen molar-refractivity contribution in [3.63, 3.8) is 0 Å². The van der Waals surface area contributed by atoms with Gasteiger partial charge in [0.2, 0.25) is 5.78 Å². The monoisotopic (exact) mass is 377 g/mol. The molecule has 2 aromatic carbocycles. The number of nitrogens with one attached hydrogen (secondary N) is 1. The van der Waals surface area contributed by atoms with Crippen molar-refractivity contribution in [3.05, 3.63) is 86.6 Å². The van der Waals surface area contributed by atoms with Gasteiger partial charge in [-0.15, -0.1) is 11.3 Å². The number of carbonyl (C=O) groups excluding carboxylic acids is 2. The minimum atomic E-state index is -1.16. The number of rotatable bonds is 4. The standard InChI is InChI=1S/C18H10ClF2NO2S/c19-13-9-15(21)14(20)8-12(13)18(24)22-11-5-3-10(4-6-11)17(23)16-2-1-7-25-16/h1-9H,(H,22,24). The smallest absolute Gasteiger partial charge is 0.257 e. The highest BCUT2D eigenvalue weighted by Gasteiger charge is 2.16. The van der Waals surface area contributed by atoms with Crippen molar-refractivity contribution >= 4 is 40.3 Å². The first kappa shape index (κ1) is 17.3. The molecule has 25 heavy (non-hydrogen) atoms. The van der Waals surface area contributed by atoms with Crippen LogP contribution in [0.25, 0.3) is 0 Å². The van der Waals surface area contributed by atoms with E-state index in [1.165, 1.54) is 11.3 Å². The first-order chi connectivity index (χ1) is 12.0. The van der Waals surface area contributed by atoms with Gasteiger partial charge in [0.1, 0.15) is 0 Å². The van der Waals surface area contributed by atoms with Gasteiger partial charge in [-0.05, 0) is 47.8 Å². The number of hydrogen-bond acceptors (Lipinski definition) is 3. The number of halogens is 3. The molecule has 0 spiro atoms. The van der Waals surface area contributed by atoms with Gasteiger partial charge in [-0.2, -0.15) is 0 Å². The lowest BCUT2D eigenvalue weighted by Gasteiger charge is -2.08. The van der Waals surface area contributed by atoms with E-state index in [1.807, 2.05) is 5.38 Å². The molecule has 1 aromatic heterocycles. The maximum absolute atomic E-state index is 13.3. The molecule has 0 aliphatic heterocycles. The molecule has 0 aliphatic rings. The van der Waals surface area contributed by atoms with Gasteiger partial charge in [-0.3, -0.25) is 9.59 Å². The molecule has 1 N–H and O–H groups in total. The van der Waals surface area contributed by atoms with Crippen molar-refractivity contribution in [1.29, 1.82) is 0 Å². The van der Waals surface area contributed by atoms with Crippen LogP contribution in [-0.4, -0.2) is 11.7 Å². The summed E-state index contributed by atoms with van der Waals surface area (Å²) in [6.45, 7) is 0. The van der Waals surface area contributed by atoms with Crippen LogP contribution >= 0.6 is 22.9 Å². The van der Waals surface area contributed by atoms with Gasteiger partial charge >= 0.3 is 0 Å². The van der Waals surface area contributed by atoms with Gasteiger partial charge in [-0.1, -0.05) is 17.7 Å². The number of amides is 1. The Balaban J connectivity index is 1.76. The molecule has 0 atom stereocenters. The van der Waals surface area contributed by atoms with Gasteiger partial charge in [0.05, 0.1) is 15.5 Å². The third-order valence-corrected chi connectivity index (χ3v) is 4.59. The number of thiophene rings is 1. The average molecular weight is 378 g/mol. The third-order valence-electron chi connectivity index (χ3n) is 3.40. The van der Waals surface area contributed by atoms with Crippen LogP contribution in [0.3, 0.4) is 0 Å². The number of benzene rings is 2. The second kappa shape index (κ2) is 7.13. The van der Waals surface area contributed by atoms with E-state index in [-0.39, 0.29) is 16.4 Å². The lowest BCUT2D eigenvalue weighted by molar-refractivity contribution is 0.102. The summed E-state index contributed by atoms with van der Waals surface area (Å²) >= 11 is 7.12. The maximum Gasteiger partial charge on any atom is 0.257 e. The summed E-state index contributed by atoms with van der Waals surface area (Å²) in [6, 6.07) is 11.2. The van der Waals surface area contributed by atoms with Crippen molar-refractivity contribution in [2.45, 2.75) is 0 Å². The van der Waals surface area contributed by atoms with Crippen molar-refractivity contribution in [3.8, 4) is 0 Å². The van der Waals surface area contributed by atoms with E-state index in [9.17, 15) is 18.4 Å². The van der Waals surface area contributed by atoms with E-state index in [4.69, 9.17) is 11.6 Å². The molecule has 3 aromatic rings. The largest absolute Gasteiger partial charge is 0.322 e. The molecule has 3 rings (SSSR count). The molecule has 0 bridgehead atoms. The van der Waals surface area contributed by atoms with Gasteiger partial charge in [0.25, 0.3) is 5.91 Å². The van der Waals surface area contributed by atoms with Crippen LogP contribution in [0, 0.1) is 11.6 Å². The SMILES string of the molecule is O=C(c1ccc(NC(=O)c2cc(F)c(F)cc2Cl)cc1)c1cccs1. The van der Waals surface area contributed by atoms with E-state index in [0.717, 1.165) is 12.1 Å².